The van der Waals surface area contributed by atoms with Gasteiger partial charge in [0, 0.05) is 6.92 Å². The molecular formula is C11H11NO5. The largest absolute Gasteiger partial charge is 0.504 e. The van der Waals surface area contributed by atoms with E-state index in [-0.39, 0.29) is 17.2 Å². The van der Waals surface area contributed by atoms with Gasteiger partial charge in [0.2, 0.25) is 5.91 Å². The minimum Gasteiger partial charge on any atom is -0.504 e. The molecule has 0 atom stereocenters. The number of amides is 1. The Labute approximate surface area is 96.8 Å². The first kappa shape index (κ1) is 12.6. The molecule has 0 aromatic heterocycles. The van der Waals surface area contributed by atoms with Gasteiger partial charge in [-0.2, -0.15) is 0 Å². The van der Waals surface area contributed by atoms with E-state index in [9.17, 15) is 14.7 Å². The average Bonchev–Trinajstić information content (AvgIpc) is 2.21. The second kappa shape index (κ2) is 5.02. The number of aliphatic carboxylic acids is 1. The van der Waals surface area contributed by atoms with Crippen LogP contribution in [0, 0.1) is 0 Å². The summed E-state index contributed by atoms with van der Waals surface area (Å²) in [6.45, 7) is 1.19. The van der Waals surface area contributed by atoms with Crippen molar-refractivity contribution in [3.8, 4) is 11.5 Å². The van der Waals surface area contributed by atoms with Crippen molar-refractivity contribution >= 4 is 18.0 Å². The number of phenolic OH excluding ortho intramolecular Hbond substituents is 2. The molecule has 1 aromatic carbocycles. The lowest BCUT2D eigenvalue weighted by Gasteiger charge is -2.03. The fourth-order valence-electron chi connectivity index (χ4n) is 1.14. The smallest absolute Gasteiger partial charge is 0.352 e. The van der Waals surface area contributed by atoms with Gasteiger partial charge in [0.05, 0.1) is 0 Å². The summed E-state index contributed by atoms with van der Waals surface area (Å²) in [7, 11) is 0. The van der Waals surface area contributed by atoms with E-state index in [2.05, 4.69) is 5.32 Å². The van der Waals surface area contributed by atoms with Crippen LogP contribution in [0.1, 0.15) is 12.5 Å². The zero-order valence-corrected chi connectivity index (χ0v) is 8.97. The SMILES string of the molecule is CC(=O)N/C(=C\c1ccc(O)c(O)c1)C(=O)O. The normalized spacial score (nSPS) is 11.0. The highest BCUT2D eigenvalue weighted by Crippen LogP contribution is 2.25. The zero-order chi connectivity index (χ0) is 13.0. The predicted octanol–water partition coefficient (Wildman–Crippen LogP) is 0.659. The third-order valence-corrected chi connectivity index (χ3v) is 1.85. The second-order valence-corrected chi connectivity index (χ2v) is 3.29. The molecule has 6 heteroatoms. The van der Waals surface area contributed by atoms with Crippen LogP contribution >= 0.6 is 0 Å². The highest BCUT2D eigenvalue weighted by Gasteiger charge is 2.09. The van der Waals surface area contributed by atoms with E-state index < -0.39 is 11.9 Å². The number of carbonyl (C=O) groups is 2. The molecule has 17 heavy (non-hydrogen) atoms. The summed E-state index contributed by atoms with van der Waals surface area (Å²) in [5, 5.41) is 29.2. The summed E-state index contributed by atoms with van der Waals surface area (Å²) in [6, 6.07) is 3.80. The summed E-state index contributed by atoms with van der Waals surface area (Å²) in [4.78, 5) is 21.6. The second-order valence-electron chi connectivity index (χ2n) is 3.29. The van der Waals surface area contributed by atoms with Crippen molar-refractivity contribution in [1.82, 2.24) is 5.32 Å². The topological polar surface area (TPSA) is 107 Å². The molecule has 4 N–H and O–H groups in total. The minimum absolute atomic E-state index is 0.307. The predicted molar refractivity (Wildman–Crippen MR) is 59.2 cm³/mol. The maximum Gasteiger partial charge on any atom is 0.352 e. The van der Waals surface area contributed by atoms with Crippen LogP contribution < -0.4 is 5.32 Å². The number of nitrogens with one attached hydrogen (secondary N) is 1. The van der Waals surface area contributed by atoms with Crippen LogP contribution in [0.4, 0.5) is 0 Å². The van der Waals surface area contributed by atoms with E-state index in [4.69, 9.17) is 10.2 Å². The number of rotatable bonds is 3. The first-order valence-corrected chi connectivity index (χ1v) is 4.64. The minimum atomic E-state index is -1.30. The molecule has 0 aliphatic heterocycles. The Morgan fingerprint density at radius 3 is 2.35 bits per heavy atom. The molecule has 0 fully saturated rings. The van der Waals surface area contributed by atoms with Crippen LogP contribution in [0.2, 0.25) is 0 Å². The van der Waals surface area contributed by atoms with Crippen LogP contribution in [0.3, 0.4) is 0 Å². The highest BCUT2D eigenvalue weighted by atomic mass is 16.4. The van der Waals surface area contributed by atoms with Crippen molar-refractivity contribution < 1.29 is 24.9 Å². The van der Waals surface area contributed by atoms with Crippen molar-refractivity contribution in [3.05, 3.63) is 29.5 Å². The molecule has 90 valence electrons. The third-order valence-electron chi connectivity index (χ3n) is 1.85. The summed E-state index contributed by atoms with van der Waals surface area (Å²) >= 11 is 0. The summed E-state index contributed by atoms with van der Waals surface area (Å²) < 4.78 is 0. The fraction of sp³-hybridized carbons (Fsp3) is 0.0909. The van der Waals surface area contributed by atoms with Crippen molar-refractivity contribution in [2.75, 3.05) is 0 Å². The van der Waals surface area contributed by atoms with E-state index >= 15 is 0 Å². The molecule has 0 aliphatic carbocycles. The summed E-state index contributed by atoms with van der Waals surface area (Å²) in [5.41, 5.74) is 0.0223. The lowest BCUT2D eigenvalue weighted by molar-refractivity contribution is -0.134. The van der Waals surface area contributed by atoms with Crippen LogP contribution in [-0.4, -0.2) is 27.2 Å². The zero-order valence-electron chi connectivity index (χ0n) is 8.97. The maximum atomic E-state index is 10.8. The molecule has 1 amide bonds. The van der Waals surface area contributed by atoms with Gasteiger partial charge in [-0.05, 0) is 23.8 Å². The average molecular weight is 237 g/mol. The Morgan fingerprint density at radius 1 is 1.24 bits per heavy atom. The lowest BCUT2D eigenvalue weighted by Crippen LogP contribution is -2.24. The van der Waals surface area contributed by atoms with Gasteiger partial charge in [-0.3, -0.25) is 4.79 Å². The Morgan fingerprint density at radius 2 is 1.88 bits per heavy atom. The van der Waals surface area contributed by atoms with Crippen molar-refractivity contribution in [3.63, 3.8) is 0 Å². The standard InChI is InChI=1S/C11H11NO5/c1-6(13)12-8(11(16)17)4-7-2-3-9(14)10(15)5-7/h2-5,14-15H,1H3,(H,12,13)(H,16,17)/b8-4-. The van der Waals surface area contributed by atoms with Gasteiger partial charge in [0.1, 0.15) is 5.70 Å². The van der Waals surface area contributed by atoms with E-state index in [0.29, 0.717) is 5.56 Å². The van der Waals surface area contributed by atoms with Gasteiger partial charge in [0.15, 0.2) is 11.5 Å². The number of aromatic hydroxyl groups is 2. The van der Waals surface area contributed by atoms with Crippen LogP contribution in [0.15, 0.2) is 23.9 Å². The number of hydrogen-bond acceptors (Lipinski definition) is 4. The molecule has 0 saturated carbocycles. The van der Waals surface area contributed by atoms with Crippen molar-refractivity contribution in [2.45, 2.75) is 6.92 Å². The maximum absolute atomic E-state index is 10.8. The number of phenols is 2. The Bertz CT molecular complexity index is 493. The van der Waals surface area contributed by atoms with Gasteiger partial charge >= 0.3 is 5.97 Å². The van der Waals surface area contributed by atoms with Gasteiger partial charge in [-0.25, -0.2) is 4.79 Å². The Kier molecular flexibility index (Phi) is 3.71. The number of carboxylic acid groups (broad SMARTS) is 1. The first-order chi connectivity index (χ1) is 7.90. The molecule has 1 rings (SSSR count). The molecule has 0 radical (unpaired) electrons. The molecule has 1 aromatic rings. The van der Waals surface area contributed by atoms with Crippen molar-refractivity contribution in [2.24, 2.45) is 0 Å². The number of hydrogen-bond donors (Lipinski definition) is 4. The quantitative estimate of drug-likeness (QED) is 0.456. The van der Waals surface area contributed by atoms with E-state index in [1.165, 1.54) is 31.2 Å². The molecular weight excluding hydrogens is 226 g/mol. The first-order valence-electron chi connectivity index (χ1n) is 4.64. The highest BCUT2D eigenvalue weighted by molar-refractivity contribution is 5.96. The number of carboxylic acids is 1. The summed E-state index contributed by atoms with van der Waals surface area (Å²) in [6.07, 6.45) is 1.17. The van der Waals surface area contributed by atoms with E-state index in [0.717, 1.165) is 0 Å². The lowest BCUT2D eigenvalue weighted by atomic mass is 10.1. The fourth-order valence-corrected chi connectivity index (χ4v) is 1.14. The molecule has 0 unspecified atom stereocenters. The molecule has 0 saturated heterocycles. The van der Waals surface area contributed by atoms with Gasteiger partial charge < -0.3 is 20.6 Å². The van der Waals surface area contributed by atoms with Gasteiger partial charge in [-0.15, -0.1) is 0 Å². The van der Waals surface area contributed by atoms with Gasteiger partial charge in [-0.1, -0.05) is 6.07 Å². The van der Waals surface area contributed by atoms with Crippen LogP contribution in [0.25, 0.3) is 6.08 Å². The third kappa shape index (κ3) is 3.53. The van der Waals surface area contributed by atoms with E-state index in [1.54, 1.807) is 0 Å². The molecule has 6 nitrogen and oxygen atoms in total. The van der Waals surface area contributed by atoms with Crippen LogP contribution in [0.5, 0.6) is 11.5 Å². The number of benzene rings is 1. The van der Waals surface area contributed by atoms with Gasteiger partial charge in [0.25, 0.3) is 0 Å². The van der Waals surface area contributed by atoms with Crippen LogP contribution in [-0.2, 0) is 9.59 Å². The summed E-state index contributed by atoms with van der Waals surface area (Å²) in [5.74, 6) is -2.49. The molecule has 0 heterocycles. The number of carbonyl (C=O) groups excluding carboxylic acids is 1. The Balaban J connectivity index is 3.08. The molecule has 0 aliphatic rings. The van der Waals surface area contributed by atoms with Crippen molar-refractivity contribution in [1.29, 1.82) is 0 Å². The molecule has 0 spiro atoms. The monoisotopic (exact) mass is 237 g/mol. The van der Waals surface area contributed by atoms with E-state index in [1.807, 2.05) is 0 Å². The molecule has 0 bridgehead atoms. The Hall–Kier alpha value is -2.50.